The number of nitrogens with zero attached hydrogens (tertiary/aromatic N) is 1. The molecule has 7 nitrogen and oxygen atoms in total. The fourth-order valence-corrected chi connectivity index (χ4v) is 3.90. The zero-order valence-electron chi connectivity index (χ0n) is 12.5. The molecule has 0 fully saturated rings. The van der Waals surface area contributed by atoms with E-state index >= 15 is 0 Å². The topological polar surface area (TPSA) is 95.6 Å². The molecule has 8 heteroatoms. The van der Waals surface area contributed by atoms with Gasteiger partial charge < -0.3 is 10.6 Å². The third kappa shape index (κ3) is 2.84. The molecule has 1 aromatic rings. The van der Waals surface area contributed by atoms with Crippen molar-refractivity contribution in [1.29, 1.82) is 0 Å². The van der Waals surface area contributed by atoms with Gasteiger partial charge in [0.1, 0.15) is 4.90 Å². The number of fused-ring (bicyclic) bond motifs is 1. The van der Waals surface area contributed by atoms with Crippen LogP contribution in [0, 0.1) is 0 Å². The Kier molecular flexibility index (Phi) is 4.82. The summed E-state index contributed by atoms with van der Waals surface area (Å²) in [6.45, 7) is 2.93. The van der Waals surface area contributed by atoms with Crippen molar-refractivity contribution in [3.05, 3.63) is 29.3 Å². The third-order valence-corrected chi connectivity index (χ3v) is 5.34. The van der Waals surface area contributed by atoms with E-state index in [-0.39, 0.29) is 28.5 Å². The highest BCUT2D eigenvalue weighted by molar-refractivity contribution is 7.90. The molecule has 0 unspecified atom stereocenters. The average Bonchev–Trinajstić information content (AvgIpc) is 2.69. The normalized spacial score (nSPS) is 15.7. The van der Waals surface area contributed by atoms with Gasteiger partial charge >= 0.3 is 0 Å². The van der Waals surface area contributed by atoms with E-state index in [1.54, 1.807) is 6.92 Å². The number of rotatable bonds is 6. The van der Waals surface area contributed by atoms with E-state index in [4.69, 9.17) is 0 Å². The molecular weight excluding hydrogens is 306 g/mol. The molecule has 2 rings (SSSR count). The predicted molar refractivity (Wildman–Crippen MR) is 81.2 cm³/mol. The molecule has 1 aliphatic rings. The molecule has 1 aliphatic heterocycles. The third-order valence-electron chi connectivity index (χ3n) is 3.45. The van der Waals surface area contributed by atoms with Crippen LogP contribution in [0.2, 0.25) is 0 Å². The van der Waals surface area contributed by atoms with Crippen molar-refractivity contribution in [1.82, 2.24) is 14.9 Å². The molecule has 0 spiro atoms. The highest BCUT2D eigenvalue weighted by Gasteiger charge is 2.40. The first-order chi connectivity index (χ1) is 10.4. The molecule has 0 aromatic heterocycles. The predicted octanol–water partition coefficient (Wildman–Crippen LogP) is 0.190. The lowest BCUT2D eigenvalue weighted by atomic mass is 10.1. The van der Waals surface area contributed by atoms with E-state index < -0.39 is 15.9 Å². The number of nitrogens with one attached hydrogen (secondary N) is 2. The van der Waals surface area contributed by atoms with Crippen LogP contribution in [0.15, 0.2) is 23.1 Å². The Balaban J connectivity index is 2.23. The summed E-state index contributed by atoms with van der Waals surface area (Å²) in [7, 11) is -2.01. The van der Waals surface area contributed by atoms with Crippen LogP contribution in [-0.4, -0.2) is 51.2 Å². The van der Waals surface area contributed by atoms with Gasteiger partial charge in [-0.1, -0.05) is 0 Å². The van der Waals surface area contributed by atoms with Crippen molar-refractivity contribution in [2.75, 3.05) is 26.7 Å². The highest BCUT2D eigenvalue weighted by atomic mass is 32.2. The van der Waals surface area contributed by atoms with Crippen LogP contribution >= 0.6 is 0 Å². The summed E-state index contributed by atoms with van der Waals surface area (Å²) in [5.41, 5.74) is 0.353. The van der Waals surface area contributed by atoms with E-state index in [0.29, 0.717) is 6.54 Å². The van der Waals surface area contributed by atoms with Gasteiger partial charge in [0.05, 0.1) is 5.56 Å². The smallest absolute Gasteiger partial charge is 0.268 e. The van der Waals surface area contributed by atoms with Crippen molar-refractivity contribution in [2.24, 2.45) is 0 Å². The minimum absolute atomic E-state index is 0.0708. The monoisotopic (exact) mass is 325 g/mol. The molecule has 0 radical (unpaired) electrons. The summed E-state index contributed by atoms with van der Waals surface area (Å²) in [4.78, 5) is 23.9. The lowest BCUT2D eigenvalue weighted by Crippen LogP contribution is -2.29. The van der Waals surface area contributed by atoms with Crippen molar-refractivity contribution >= 4 is 21.8 Å². The van der Waals surface area contributed by atoms with Gasteiger partial charge in [0.15, 0.2) is 0 Å². The largest absolute Gasteiger partial charge is 0.352 e. The molecule has 22 heavy (non-hydrogen) atoms. The molecule has 2 amide bonds. The van der Waals surface area contributed by atoms with Crippen LogP contribution in [-0.2, 0) is 10.0 Å². The quantitative estimate of drug-likeness (QED) is 0.728. The van der Waals surface area contributed by atoms with Gasteiger partial charge in [-0.15, -0.1) is 0 Å². The van der Waals surface area contributed by atoms with Crippen LogP contribution in [0.4, 0.5) is 0 Å². The summed E-state index contributed by atoms with van der Waals surface area (Å²) in [5.74, 6) is -0.894. The molecule has 0 aliphatic carbocycles. The fourth-order valence-electron chi connectivity index (χ4n) is 2.30. The number of benzene rings is 1. The Labute approximate surface area is 129 Å². The Morgan fingerprint density at radius 3 is 2.64 bits per heavy atom. The van der Waals surface area contributed by atoms with Gasteiger partial charge in [0, 0.05) is 18.7 Å². The molecule has 0 atom stereocenters. The lowest BCUT2D eigenvalue weighted by molar-refractivity contribution is 0.0874. The standard InChI is InChI=1S/C14H19N3O4S/c1-3-17-14(19)11-6-5-10(9-12(11)22(17,20)21)13(18)16-8-4-7-15-2/h5-6,9,15H,3-4,7-8H2,1-2H3,(H,16,18). The van der Waals surface area contributed by atoms with Crippen molar-refractivity contribution in [3.63, 3.8) is 0 Å². The second-order valence-corrected chi connectivity index (χ2v) is 6.73. The molecule has 2 N–H and O–H groups in total. The van der Waals surface area contributed by atoms with Gasteiger partial charge in [-0.3, -0.25) is 9.59 Å². The van der Waals surface area contributed by atoms with Crippen LogP contribution in [0.3, 0.4) is 0 Å². The van der Waals surface area contributed by atoms with E-state index in [0.717, 1.165) is 17.3 Å². The Hall–Kier alpha value is -1.93. The van der Waals surface area contributed by atoms with E-state index in [9.17, 15) is 18.0 Å². The molecule has 120 valence electrons. The molecule has 0 saturated heterocycles. The number of carbonyl (C=O) groups is 2. The second-order valence-electron chi connectivity index (χ2n) is 4.90. The number of hydrogen-bond donors (Lipinski definition) is 2. The summed E-state index contributed by atoms with van der Waals surface area (Å²) in [6.07, 6.45) is 0.771. The van der Waals surface area contributed by atoms with Gasteiger partial charge in [0.25, 0.3) is 21.8 Å². The zero-order chi connectivity index (χ0) is 16.3. The fraction of sp³-hybridized carbons (Fsp3) is 0.429. The first-order valence-corrected chi connectivity index (χ1v) is 8.51. The van der Waals surface area contributed by atoms with Crippen molar-refractivity contribution < 1.29 is 18.0 Å². The van der Waals surface area contributed by atoms with Gasteiger partial charge in [-0.25, -0.2) is 12.7 Å². The minimum Gasteiger partial charge on any atom is -0.352 e. The maximum Gasteiger partial charge on any atom is 0.268 e. The van der Waals surface area contributed by atoms with Crippen molar-refractivity contribution in [3.8, 4) is 0 Å². The Morgan fingerprint density at radius 2 is 2.00 bits per heavy atom. The minimum atomic E-state index is -3.84. The number of carbonyl (C=O) groups excluding carboxylic acids is 2. The van der Waals surface area contributed by atoms with Gasteiger partial charge in [-0.05, 0) is 45.1 Å². The maximum atomic E-state index is 12.3. The van der Waals surface area contributed by atoms with Crippen molar-refractivity contribution in [2.45, 2.75) is 18.2 Å². The summed E-state index contributed by atoms with van der Waals surface area (Å²) >= 11 is 0. The van der Waals surface area contributed by atoms with Crippen LogP contribution < -0.4 is 10.6 Å². The molecule has 1 heterocycles. The van der Waals surface area contributed by atoms with Gasteiger partial charge in [-0.2, -0.15) is 0 Å². The van der Waals surface area contributed by atoms with Crippen LogP contribution in [0.1, 0.15) is 34.1 Å². The Morgan fingerprint density at radius 1 is 1.27 bits per heavy atom. The average molecular weight is 325 g/mol. The molecular formula is C14H19N3O4S. The lowest BCUT2D eigenvalue weighted by Gasteiger charge is -2.11. The van der Waals surface area contributed by atoms with E-state index in [2.05, 4.69) is 10.6 Å². The zero-order valence-corrected chi connectivity index (χ0v) is 13.4. The summed E-state index contributed by atoms with van der Waals surface area (Å²) in [5, 5.41) is 5.68. The summed E-state index contributed by atoms with van der Waals surface area (Å²) < 4.78 is 25.3. The Bertz CT molecular complexity index is 700. The number of amides is 2. The second kappa shape index (κ2) is 6.45. The van der Waals surface area contributed by atoms with Crippen LogP contribution in [0.5, 0.6) is 0 Å². The first-order valence-electron chi connectivity index (χ1n) is 7.07. The van der Waals surface area contributed by atoms with Gasteiger partial charge in [0.2, 0.25) is 0 Å². The highest BCUT2D eigenvalue weighted by Crippen LogP contribution is 2.30. The number of hydrogen-bond acceptors (Lipinski definition) is 5. The molecule has 1 aromatic carbocycles. The first kappa shape index (κ1) is 16.4. The van der Waals surface area contributed by atoms with E-state index in [1.807, 2.05) is 7.05 Å². The summed E-state index contributed by atoms with van der Waals surface area (Å²) in [6, 6.07) is 4.14. The SMILES string of the molecule is CCN1C(=O)c2ccc(C(=O)NCCCNC)cc2S1(=O)=O. The van der Waals surface area contributed by atoms with Crippen LogP contribution in [0.25, 0.3) is 0 Å². The molecule has 0 saturated carbocycles. The van der Waals surface area contributed by atoms with E-state index in [1.165, 1.54) is 18.2 Å². The maximum absolute atomic E-state index is 12.3. The number of sulfonamides is 1. The molecule has 0 bridgehead atoms.